The van der Waals surface area contributed by atoms with Crippen LogP contribution in [0.3, 0.4) is 0 Å². The lowest BCUT2D eigenvalue weighted by Gasteiger charge is -2.13. The highest BCUT2D eigenvalue weighted by atomic mass is 14.4. The van der Waals surface area contributed by atoms with Crippen molar-refractivity contribution in [2.45, 2.75) is 13.8 Å². The molecule has 0 N–H and O–H groups in total. The Morgan fingerprint density at radius 1 is 0.429 bits per heavy atom. The third kappa shape index (κ3) is 2.53. The smallest absolute Gasteiger partial charge is 0.00296 e. The summed E-state index contributed by atoms with van der Waals surface area (Å²) in [7, 11) is 0. The summed E-state index contributed by atoms with van der Waals surface area (Å²) in [6.45, 7) is 22.0. The number of hydrogen-bond acceptors (Lipinski definition) is 0. The molecule has 0 aromatic heterocycles. The van der Waals surface area contributed by atoms with E-state index in [1.807, 2.05) is 12.1 Å². The van der Waals surface area contributed by atoms with Crippen LogP contribution in [-0.4, -0.2) is 0 Å². The largest absolute Gasteiger partial charge is 0.0908 e. The van der Waals surface area contributed by atoms with Gasteiger partial charge in [0, 0.05) is 0 Å². The number of hydrogen-bond donors (Lipinski definition) is 0. The lowest BCUT2D eigenvalue weighted by molar-refractivity contribution is 1.38. The fraction of sp³-hybridized carbons (Fsp3) is 0.0714. The van der Waals surface area contributed by atoms with Crippen LogP contribution in [0.4, 0.5) is 0 Å². The van der Waals surface area contributed by atoms with Gasteiger partial charge in [-0.1, -0.05) is 87.0 Å². The summed E-state index contributed by atoms with van der Waals surface area (Å²) in [6, 6.07) is 20.8. The number of benzene rings is 2. The molecular formula is C28H24. The Morgan fingerprint density at radius 2 is 0.750 bits per heavy atom. The molecule has 2 aromatic rings. The fourth-order valence-corrected chi connectivity index (χ4v) is 4.34. The van der Waals surface area contributed by atoms with Gasteiger partial charge in [-0.15, -0.1) is 0 Å². The van der Waals surface area contributed by atoms with Crippen LogP contribution < -0.4 is 0 Å². The molecule has 0 bridgehead atoms. The molecule has 0 radical (unpaired) electrons. The first-order valence-corrected chi connectivity index (χ1v) is 9.49. The zero-order chi connectivity index (χ0) is 20.0. The summed E-state index contributed by atoms with van der Waals surface area (Å²) in [5.74, 6) is 0. The third-order valence-corrected chi connectivity index (χ3v) is 5.84. The van der Waals surface area contributed by atoms with E-state index >= 15 is 0 Å². The predicted octanol–water partition coefficient (Wildman–Crippen LogP) is 7.48. The molecule has 2 aromatic carbocycles. The third-order valence-electron chi connectivity index (χ3n) is 5.84. The van der Waals surface area contributed by atoms with Gasteiger partial charge >= 0.3 is 0 Å². The highest BCUT2D eigenvalue weighted by molar-refractivity contribution is 6.02. The summed E-state index contributed by atoms with van der Waals surface area (Å²) >= 11 is 0. The predicted molar refractivity (Wildman–Crippen MR) is 122 cm³/mol. The van der Waals surface area contributed by atoms with Crippen molar-refractivity contribution in [1.82, 2.24) is 0 Å². The van der Waals surface area contributed by atoms with Crippen LogP contribution in [0.25, 0.3) is 11.1 Å². The van der Waals surface area contributed by atoms with Gasteiger partial charge in [0.2, 0.25) is 0 Å². The molecule has 2 aliphatic rings. The molecule has 0 saturated carbocycles. The van der Waals surface area contributed by atoms with E-state index in [0.717, 1.165) is 33.4 Å². The molecule has 0 fully saturated rings. The highest BCUT2D eigenvalue weighted by Gasteiger charge is 2.33. The zero-order valence-electron chi connectivity index (χ0n) is 16.6. The Labute approximate surface area is 167 Å². The Balaban J connectivity index is 1.86. The van der Waals surface area contributed by atoms with Gasteiger partial charge < -0.3 is 0 Å². The molecule has 0 heteroatoms. The first kappa shape index (κ1) is 18.0. The Bertz CT molecular complexity index is 1050. The van der Waals surface area contributed by atoms with E-state index in [0.29, 0.717) is 0 Å². The van der Waals surface area contributed by atoms with Gasteiger partial charge in [0.1, 0.15) is 0 Å². The minimum Gasteiger partial charge on any atom is -0.0908 e. The molecule has 28 heavy (non-hydrogen) atoms. The summed E-state index contributed by atoms with van der Waals surface area (Å²) in [6.07, 6.45) is 0. The van der Waals surface area contributed by atoms with E-state index < -0.39 is 0 Å². The van der Waals surface area contributed by atoms with E-state index in [1.54, 1.807) is 0 Å². The number of allylic oxidation sites excluding steroid dienone is 10. The van der Waals surface area contributed by atoms with Crippen molar-refractivity contribution in [3.05, 3.63) is 143 Å². The van der Waals surface area contributed by atoms with Gasteiger partial charge in [0.05, 0.1) is 0 Å². The van der Waals surface area contributed by atoms with E-state index in [2.05, 4.69) is 88.7 Å². The van der Waals surface area contributed by atoms with Crippen molar-refractivity contribution < 1.29 is 0 Å². The Hall–Kier alpha value is -3.38. The SMILES string of the molecule is C=C1C(C)=C(c2ccccc2)C(=C)C1=C1C(=C)C(C)=C(c2ccccc2)C1=C. The first-order chi connectivity index (χ1) is 13.4. The Morgan fingerprint density at radius 3 is 1.07 bits per heavy atom. The van der Waals surface area contributed by atoms with Crippen LogP contribution in [0.15, 0.2) is 132 Å². The molecule has 0 amide bonds. The molecule has 4 rings (SSSR count). The normalized spacial score (nSPS) is 20.1. The van der Waals surface area contributed by atoms with Gasteiger partial charge in [0.25, 0.3) is 0 Å². The average Bonchev–Trinajstić information content (AvgIpc) is 3.06. The second kappa shape index (κ2) is 6.65. The lowest BCUT2D eigenvalue weighted by atomic mass is 9.89. The van der Waals surface area contributed by atoms with Crippen molar-refractivity contribution in [3.8, 4) is 0 Å². The van der Waals surface area contributed by atoms with E-state index in [-0.39, 0.29) is 0 Å². The molecule has 0 aliphatic heterocycles. The molecule has 0 spiro atoms. The van der Waals surface area contributed by atoms with Crippen LogP contribution in [0.2, 0.25) is 0 Å². The first-order valence-electron chi connectivity index (χ1n) is 9.49. The monoisotopic (exact) mass is 360 g/mol. The average molecular weight is 361 g/mol. The number of rotatable bonds is 2. The van der Waals surface area contributed by atoms with Crippen molar-refractivity contribution >= 4 is 11.1 Å². The van der Waals surface area contributed by atoms with Crippen molar-refractivity contribution in [3.63, 3.8) is 0 Å². The molecule has 0 heterocycles. The molecule has 0 atom stereocenters. The summed E-state index contributed by atoms with van der Waals surface area (Å²) in [5, 5.41) is 0. The molecule has 136 valence electrons. The van der Waals surface area contributed by atoms with Crippen LogP contribution in [0.1, 0.15) is 25.0 Å². The van der Waals surface area contributed by atoms with Crippen LogP contribution >= 0.6 is 0 Å². The van der Waals surface area contributed by atoms with E-state index in [4.69, 9.17) is 0 Å². The van der Waals surface area contributed by atoms with Crippen LogP contribution in [0, 0.1) is 0 Å². The quantitative estimate of drug-likeness (QED) is 0.520. The molecule has 2 aliphatic carbocycles. The maximum Gasteiger partial charge on any atom is -0.00296 e. The zero-order valence-corrected chi connectivity index (χ0v) is 16.6. The molecule has 0 nitrogen and oxygen atoms in total. The van der Waals surface area contributed by atoms with Gasteiger partial charge in [-0.05, 0) is 80.7 Å². The minimum absolute atomic E-state index is 1.01. The fourth-order valence-electron chi connectivity index (χ4n) is 4.34. The van der Waals surface area contributed by atoms with Gasteiger partial charge in [-0.3, -0.25) is 0 Å². The molecule has 0 unspecified atom stereocenters. The van der Waals surface area contributed by atoms with Gasteiger partial charge in [-0.2, -0.15) is 0 Å². The second-order valence-electron chi connectivity index (χ2n) is 7.40. The van der Waals surface area contributed by atoms with Crippen molar-refractivity contribution in [1.29, 1.82) is 0 Å². The minimum atomic E-state index is 1.01. The summed E-state index contributed by atoms with van der Waals surface area (Å²) in [4.78, 5) is 0. The molecular weight excluding hydrogens is 336 g/mol. The maximum atomic E-state index is 4.45. The highest BCUT2D eigenvalue weighted by Crippen LogP contribution is 2.52. The van der Waals surface area contributed by atoms with E-state index in [9.17, 15) is 0 Å². The standard InChI is InChI=1S/C28H24/c1-17-19(3)27(21(5)25(17)23-13-9-7-10-14-23)28-20(4)18(2)26(22(28)6)24-15-11-8-12-16-24/h7-16H,3-6H2,1-2H3. The Kier molecular flexibility index (Phi) is 4.28. The van der Waals surface area contributed by atoms with Crippen molar-refractivity contribution in [2.75, 3.05) is 0 Å². The topological polar surface area (TPSA) is 0 Å². The van der Waals surface area contributed by atoms with Crippen LogP contribution in [-0.2, 0) is 0 Å². The summed E-state index contributed by atoms with van der Waals surface area (Å²) < 4.78 is 0. The summed E-state index contributed by atoms with van der Waals surface area (Å²) in [5.41, 5.74) is 13.2. The second-order valence-corrected chi connectivity index (χ2v) is 7.40. The van der Waals surface area contributed by atoms with E-state index in [1.165, 1.54) is 33.4 Å². The van der Waals surface area contributed by atoms with Gasteiger partial charge in [-0.25, -0.2) is 0 Å². The maximum absolute atomic E-state index is 4.45. The van der Waals surface area contributed by atoms with Gasteiger partial charge in [0.15, 0.2) is 0 Å². The van der Waals surface area contributed by atoms with Crippen molar-refractivity contribution in [2.24, 2.45) is 0 Å². The lowest BCUT2D eigenvalue weighted by Crippen LogP contribution is -1.96. The van der Waals surface area contributed by atoms with Crippen LogP contribution in [0.5, 0.6) is 0 Å². The molecule has 0 saturated heterocycles.